The highest BCUT2D eigenvalue weighted by Crippen LogP contribution is 2.39. The van der Waals surface area contributed by atoms with Crippen LogP contribution in [0.1, 0.15) is 17.3 Å². The van der Waals surface area contributed by atoms with Crippen LogP contribution in [-0.2, 0) is 0 Å². The third-order valence-corrected chi connectivity index (χ3v) is 3.16. The number of ketones is 1. The van der Waals surface area contributed by atoms with Gasteiger partial charge in [-0.1, -0.05) is 15.9 Å². The van der Waals surface area contributed by atoms with Gasteiger partial charge in [-0.3, -0.25) is 4.79 Å². The van der Waals surface area contributed by atoms with Crippen molar-refractivity contribution in [2.24, 2.45) is 0 Å². The standard InChI is InChI=1S/C11H8BrF5O2S/c1-5(12)9(18)7-4-6(20-11(15,16)17)2-3-8(7)19-10(13)14/h2-5,10H,1H3. The molecule has 0 aromatic heterocycles. The highest BCUT2D eigenvalue weighted by Gasteiger charge is 2.30. The molecule has 0 saturated carbocycles. The molecule has 9 heteroatoms. The molecule has 1 unspecified atom stereocenters. The number of carbonyl (C=O) groups excluding carboxylic acids is 1. The maximum absolute atomic E-state index is 12.3. The van der Waals surface area contributed by atoms with E-state index in [4.69, 9.17) is 0 Å². The predicted octanol–water partition coefficient (Wildman–Crippen LogP) is 4.87. The first-order valence-corrected chi connectivity index (χ1v) is 6.86. The average Bonchev–Trinajstić information content (AvgIpc) is 2.27. The quantitative estimate of drug-likeness (QED) is 0.316. The molecule has 2 nitrogen and oxygen atoms in total. The van der Waals surface area contributed by atoms with Crippen molar-refractivity contribution >= 4 is 33.5 Å². The van der Waals surface area contributed by atoms with E-state index in [9.17, 15) is 26.7 Å². The van der Waals surface area contributed by atoms with E-state index < -0.39 is 40.2 Å². The second-order valence-electron chi connectivity index (χ2n) is 3.56. The number of alkyl halides is 6. The van der Waals surface area contributed by atoms with Crippen molar-refractivity contribution in [3.05, 3.63) is 23.8 Å². The molecule has 20 heavy (non-hydrogen) atoms. The Kier molecular flexibility index (Phi) is 5.81. The zero-order valence-corrected chi connectivity index (χ0v) is 12.3. The van der Waals surface area contributed by atoms with Crippen LogP contribution in [0, 0.1) is 0 Å². The third-order valence-electron chi connectivity index (χ3n) is 2.03. The van der Waals surface area contributed by atoms with Gasteiger partial charge < -0.3 is 4.74 Å². The molecule has 0 fully saturated rings. The van der Waals surface area contributed by atoms with E-state index in [0.717, 1.165) is 18.2 Å². The second kappa shape index (κ2) is 6.75. The molecule has 1 rings (SSSR count). The molecule has 1 aromatic rings. The first-order valence-electron chi connectivity index (χ1n) is 5.13. The monoisotopic (exact) mass is 378 g/mol. The smallest absolute Gasteiger partial charge is 0.434 e. The van der Waals surface area contributed by atoms with E-state index in [0.29, 0.717) is 0 Å². The first-order chi connectivity index (χ1) is 9.10. The summed E-state index contributed by atoms with van der Waals surface area (Å²) >= 11 is 2.50. The molecule has 0 radical (unpaired) electrons. The fourth-order valence-corrected chi connectivity index (χ4v) is 2.14. The van der Waals surface area contributed by atoms with Crippen LogP contribution in [0.4, 0.5) is 22.0 Å². The van der Waals surface area contributed by atoms with E-state index in [1.54, 1.807) is 0 Å². The van der Waals surface area contributed by atoms with Gasteiger partial charge >= 0.3 is 12.1 Å². The lowest BCUT2D eigenvalue weighted by Gasteiger charge is -2.13. The summed E-state index contributed by atoms with van der Waals surface area (Å²) < 4.78 is 65.3. The number of Topliss-reactive ketones (excluding diaryl/α,β-unsaturated/α-hetero) is 1. The largest absolute Gasteiger partial charge is 0.446 e. The Morgan fingerprint density at radius 3 is 2.40 bits per heavy atom. The fourth-order valence-electron chi connectivity index (χ4n) is 1.31. The minimum absolute atomic E-state index is 0.282. The van der Waals surface area contributed by atoms with E-state index in [1.807, 2.05) is 0 Å². The predicted molar refractivity (Wildman–Crippen MR) is 67.7 cm³/mol. The summed E-state index contributed by atoms with van der Waals surface area (Å²) in [7, 11) is 0. The van der Waals surface area contributed by atoms with Crippen LogP contribution in [0.2, 0.25) is 0 Å². The van der Waals surface area contributed by atoms with E-state index in [2.05, 4.69) is 20.7 Å². The fraction of sp³-hybridized carbons (Fsp3) is 0.364. The maximum atomic E-state index is 12.3. The number of hydrogen-bond acceptors (Lipinski definition) is 3. The molecule has 0 aliphatic carbocycles. The molecule has 0 aliphatic rings. The van der Waals surface area contributed by atoms with Crippen molar-refractivity contribution in [2.75, 3.05) is 0 Å². The molecule has 0 saturated heterocycles. The van der Waals surface area contributed by atoms with Gasteiger partial charge in [0.25, 0.3) is 0 Å². The van der Waals surface area contributed by atoms with Gasteiger partial charge in [0.15, 0.2) is 5.78 Å². The minimum Gasteiger partial charge on any atom is -0.434 e. The zero-order chi connectivity index (χ0) is 15.5. The molecule has 0 heterocycles. The Bertz CT molecular complexity index is 490. The van der Waals surface area contributed by atoms with E-state index in [-0.39, 0.29) is 10.5 Å². The molecule has 0 spiro atoms. The van der Waals surface area contributed by atoms with Gasteiger partial charge in [-0.05, 0) is 36.9 Å². The van der Waals surface area contributed by atoms with Gasteiger partial charge in [-0.15, -0.1) is 0 Å². The number of benzene rings is 1. The zero-order valence-electron chi connectivity index (χ0n) is 9.88. The van der Waals surface area contributed by atoms with Crippen LogP contribution < -0.4 is 4.74 Å². The van der Waals surface area contributed by atoms with Gasteiger partial charge in [0, 0.05) is 4.90 Å². The lowest BCUT2D eigenvalue weighted by atomic mass is 10.1. The van der Waals surface area contributed by atoms with Crippen LogP contribution in [0.3, 0.4) is 0 Å². The Morgan fingerprint density at radius 2 is 1.95 bits per heavy atom. The molecule has 0 aliphatic heterocycles. The Hall–Kier alpha value is -0.830. The van der Waals surface area contributed by atoms with Crippen molar-refractivity contribution in [1.29, 1.82) is 0 Å². The summed E-state index contributed by atoms with van der Waals surface area (Å²) in [4.78, 5) is 10.8. The highest BCUT2D eigenvalue weighted by atomic mass is 79.9. The third kappa shape index (κ3) is 5.28. The first kappa shape index (κ1) is 17.2. The minimum atomic E-state index is -4.54. The summed E-state index contributed by atoms with van der Waals surface area (Å²) in [5, 5.41) is 0. The topological polar surface area (TPSA) is 26.3 Å². The molecule has 112 valence electrons. The number of hydrogen-bond donors (Lipinski definition) is 0. The van der Waals surface area contributed by atoms with E-state index >= 15 is 0 Å². The van der Waals surface area contributed by atoms with Crippen molar-refractivity contribution in [1.82, 2.24) is 0 Å². The van der Waals surface area contributed by atoms with Crippen LogP contribution >= 0.6 is 27.7 Å². The normalized spacial score (nSPS) is 13.4. The van der Waals surface area contributed by atoms with E-state index in [1.165, 1.54) is 6.92 Å². The number of halogens is 6. The number of rotatable bonds is 5. The van der Waals surface area contributed by atoms with Crippen molar-refractivity contribution in [3.63, 3.8) is 0 Å². The molecular formula is C11H8BrF5O2S. The number of carbonyl (C=O) groups is 1. The molecule has 0 bridgehead atoms. The van der Waals surface area contributed by atoms with Crippen molar-refractivity contribution in [3.8, 4) is 5.75 Å². The van der Waals surface area contributed by atoms with Crippen LogP contribution in [-0.4, -0.2) is 22.7 Å². The van der Waals surface area contributed by atoms with Crippen molar-refractivity contribution in [2.45, 2.75) is 28.8 Å². The molecule has 0 amide bonds. The summed E-state index contributed by atoms with van der Waals surface area (Å²) in [5.74, 6) is -1.10. The SMILES string of the molecule is CC(Br)C(=O)c1cc(SC(F)(F)F)ccc1OC(F)F. The van der Waals surface area contributed by atoms with Crippen LogP contribution in [0.25, 0.3) is 0 Å². The second-order valence-corrected chi connectivity index (χ2v) is 6.08. The average molecular weight is 379 g/mol. The van der Waals surface area contributed by atoms with Crippen LogP contribution in [0.15, 0.2) is 23.1 Å². The maximum Gasteiger partial charge on any atom is 0.446 e. The number of ether oxygens (including phenoxy) is 1. The molecule has 1 aromatic carbocycles. The van der Waals surface area contributed by atoms with Gasteiger partial charge in [-0.25, -0.2) is 0 Å². The Balaban J connectivity index is 3.18. The molecular weight excluding hydrogens is 371 g/mol. The Labute approximate surface area is 123 Å². The lowest BCUT2D eigenvalue weighted by Crippen LogP contribution is -2.14. The Morgan fingerprint density at radius 1 is 1.35 bits per heavy atom. The summed E-state index contributed by atoms with van der Waals surface area (Å²) in [6.45, 7) is -1.74. The lowest BCUT2D eigenvalue weighted by molar-refractivity contribution is -0.0502. The number of thioether (sulfide) groups is 1. The summed E-state index contributed by atoms with van der Waals surface area (Å²) in [6, 6.07) is 2.77. The summed E-state index contributed by atoms with van der Waals surface area (Å²) in [6.07, 6.45) is 0. The van der Waals surface area contributed by atoms with Gasteiger partial charge in [-0.2, -0.15) is 22.0 Å². The van der Waals surface area contributed by atoms with Gasteiger partial charge in [0.05, 0.1) is 10.4 Å². The molecule has 1 atom stereocenters. The van der Waals surface area contributed by atoms with Gasteiger partial charge in [0.2, 0.25) is 0 Å². The summed E-state index contributed by atoms with van der Waals surface area (Å²) in [5.41, 5.74) is -4.87. The van der Waals surface area contributed by atoms with Crippen molar-refractivity contribution < 1.29 is 31.5 Å². The van der Waals surface area contributed by atoms with Crippen LogP contribution in [0.5, 0.6) is 5.75 Å². The van der Waals surface area contributed by atoms with Gasteiger partial charge in [0.1, 0.15) is 5.75 Å². The molecule has 0 N–H and O–H groups in total. The highest BCUT2D eigenvalue weighted by molar-refractivity contribution is 9.10.